The van der Waals surface area contributed by atoms with Crippen molar-refractivity contribution in [1.82, 2.24) is 30.2 Å². The van der Waals surface area contributed by atoms with Crippen molar-refractivity contribution in [2.24, 2.45) is 5.92 Å². The first kappa shape index (κ1) is 32.9. The van der Waals surface area contributed by atoms with Gasteiger partial charge >= 0.3 is 0 Å². The van der Waals surface area contributed by atoms with E-state index in [2.05, 4.69) is 94.3 Å². The summed E-state index contributed by atoms with van der Waals surface area (Å²) in [5, 5.41) is 17.2. The lowest BCUT2D eigenvalue weighted by molar-refractivity contribution is -0.126. The summed E-state index contributed by atoms with van der Waals surface area (Å²) in [6.45, 7) is 2.58. The van der Waals surface area contributed by atoms with Crippen LogP contribution in [0.1, 0.15) is 60.8 Å². The van der Waals surface area contributed by atoms with Crippen molar-refractivity contribution in [1.29, 1.82) is 0 Å². The van der Waals surface area contributed by atoms with Gasteiger partial charge in [0.1, 0.15) is 5.82 Å². The monoisotopic (exact) mass is 701 g/mol. The van der Waals surface area contributed by atoms with E-state index < -0.39 is 6.29 Å². The number of nitrogens with zero attached hydrogens (tertiary/aromatic N) is 6. The fourth-order valence-corrected chi connectivity index (χ4v) is 7.80. The lowest BCUT2D eigenvalue weighted by atomic mass is 9.89. The van der Waals surface area contributed by atoms with Gasteiger partial charge in [-0.05, 0) is 70.1 Å². The van der Waals surface area contributed by atoms with Crippen LogP contribution in [0.2, 0.25) is 0 Å². The van der Waals surface area contributed by atoms with Gasteiger partial charge in [-0.3, -0.25) is 9.36 Å². The molecule has 2 fully saturated rings. The molecule has 2 aliphatic heterocycles. The molecule has 5 aromatic carbocycles. The molecule has 2 aliphatic rings. The minimum atomic E-state index is -0.408. The molecule has 4 heterocycles. The fourth-order valence-electron chi connectivity index (χ4n) is 7.80. The van der Waals surface area contributed by atoms with Crippen molar-refractivity contribution in [2.45, 2.75) is 57.6 Å². The van der Waals surface area contributed by atoms with E-state index in [-0.39, 0.29) is 23.6 Å². The molecule has 2 aromatic heterocycles. The number of rotatable bonds is 10. The van der Waals surface area contributed by atoms with Crippen molar-refractivity contribution >= 4 is 16.6 Å². The number of hydrogen-bond donors (Lipinski definition) is 1. The smallest absolute Gasteiger partial charge is 0.261 e. The standard InChI is InChI=1S/C43H39N7O3/c1-2-3-18-39-44-37-24-23-31(38-26-36-40(30-12-6-4-7-13-30)50(53-43(36)52-38)32-14-8-5-9-15-32)25-35(37)42(51)49(39)27-28-19-21-29(22-20-28)33-16-10-11-17-34(33)41-45-47-48-46-41/h4-17,19-25,36,38,40,43H,2-3,18,26-27H2,1H3,(H,45,46,47,48). The molecule has 264 valence electrons. The lowest BCUT2D eigenvalue weighted by Crippen LogP contribution is -2.26. The third-order valence-electron chi connectivity index (χ3n) is 10.5. The maximum atomic E-state index is 14.4. The number of tetrazole rings is 1. The molecule has 0 aliphatic carbocycles. The highest BCUT2D eigenvalue weighted by Gasteiger charge is 2.51. The van der Waals surface area contributed by atoms with E-state index in [0.717, 1.165) is 65.0 Å². The Bertz CT molecular complexity index is 2400. The Labute approximate surface area is 307 Å². The highest BCUT2D eigenvalue weighted by atomic mass is 16.8. The number of benzene rings is 5. The third kappa shape index (κ3) is 6.30. The van der Waals surface area contributed by atoms with Gasteiger partial charge in [0.15, 0.2) is 6.29 Å². The molecule has 2 saturated heterocycles. The number of unbranched alkanes of at least 4 members (excludes halogenated alkanes) is 1. The maximum Gasteiger partial charge on any atom is 0.261 e. The number of anilines is 1. The van der Waals surface area contributed by atoms with E-state index in [0.29, 0.717) is 23.3 Å². The van der Waals surface area contributed by atoms with E-state index in [9.17, 15) is 4.79 Å². The van der Waals surface area contributed by atoms with Crippen LogP contribution in [0.15, 0.2) is 132 Å². The number of H-pyrrole nitrogens is 1. The predicted molar refractivity (Wildman–Crippen MR) is 204 cm³/mol. The molecule has 9 rings (SSSR count). The summed E-state index contributed by atoms with van der Waals surface area (Å²) in [6, 6.07) is 43.0. The quantitative estimate of drug-likeness (QED) is 0.152. The zero-order chi connectivity index (χ0) is 35.7. The molecule has 0 amide bonds. The molecule has 0 bridgehead atoms. The maximum absolute atomic E-state index is 14.4. The van der Waals surface area contributed by atoms with E-state index in [4.69, 9.17) is 14.6 Å². The van der Waals surface area contributed by atoms with Crippen molar-refractivity contribution in [3.8, 4) is 22.5 Å². The summed E-state index contributed by atoms with van der Waals surface area (Å²) < 4.78 is 8.49. The van der Waals surface area contributed by atoms with Gasteiger partial charge in [-0.25, -0.2) is 14.9 Å². The molecule has 4 unspecified atom stereocenters. The molecule has 10 nitrogen and oxygen atoms in total. The molecule has 53 heavy (non-hydrogen) atoms. The van der Waals surface area contributed by atoms with E-state index in [1.54, 1.807) is 0 Å². The van der Waals surface area contributed by atoms with E-state index in [1.165, 1.54) is 5.56 Å². The number of aromatic amines is 1. The molecule has 0 radical (unpaired) electrons. The molecule has 1 N–H and O–H groups in total. The van der Waals surface area contributed by atoms with Crippen LogP contribution in [0.3, 0.4) is 0 Å². The Kier molecular flexibility index (Phi) is 8.83. The Morgan fingerprint density at radius 1 is 0.830 bits per heavy atom. The predicted octanol–water partition coefficient (Wildman–Crippen LogP) is 8.23. The normalized spacial score (nSPS) is 19.5. The number of hydroxylamine groups is 1. The summed E-state index contributed by atoms with van der Waals surface area (Å²) in [7, 11) is 0. The van der Waals surface area contributed by atoms with Crippen LogP contribution < -0.4 is 10.6 Å². The van der Waals surface area contributed by atoms with Crippen LogP contribution in [0.4, 0.5) is 5.69 Å². The number of fused-ring (bicyclic) bond motifs is 2. The largest absolute Gasteiger partial charge is 0.342 e. The van der Waals surface area contributed by atoms with Crippen molar-refractivity contribution in [3.63, 3.8) is 0 Å². The molecule has 7 aromatic rings. The van der Waals surface area contributed by atoms with Gasteiger partial charge in [0.25, 0.3) is 5.56 Å². The Hall–Kier alpha value is -5.97. The summed E-state index contributed by atoms with van der Waals surface area (Å²) in [4.78, 5) is 26.0. The van der Waals surface area contributed by atoms with Gasteiger partial charge in [-0.2, -0.15) is 5.21 Å². The van der Waals surface area contributed by atoms with Crippen LogP contribution in [-0.2, 0) is 22.5 Å². The molecule has 0 saturated carbocycles. The summed E-state index contributed by atoms with van der Waals surface area (Å²) >= 11 is 0. The van der Waals surface area contributed by atoms with Gasteiger partial charge in [0.2, 0.25) is 5.82 Å². The zero-order valence-electron chi connectivity index (χ0n) is 29.4. The van der Waals surface area contributed by atoms with Crippen LogP contribution in [0.25, 0.3) is 33.4 Å². The van der Waals surface area contributed by atoms with Crippen LogP contribution >= 0.6 is 0 Å². The summed E-state index contributed by atoms with van der Waals surface area (Å²) in [5.41, 5.74) is 7.76. The Morgan fingerprint density at radius 2 is 1.58 bits per heavy atom. The number of aryl methyl sites for hydroxylation is 1. The lowest BCUT2D eigenvalue weighted by Gasteiger charge is -2.28. The molecule has 4 atom stereocenters. The van der Waals surface area contributed by atoms with E-state index in [1.807, 2.05) is 70.3 Å². The van der Waals surface area contributed by atoms with Crippen LogP contribution in [-0.4, -0.2) is 36.5 Å². The molecule has 0 spiro atoms. The second-order valence-corrected chi connectivity index (χ2v) is 13.8. The first-order valence-electron chi connectivity index (χ1n) is 18.3. The number of hydrogen-bond acceptors (Lipinski definition) is 8. The first-order valence-corrected chi connectivity index (χ1v) is 18.3. The number of aromatic nitrogens is 6. The van der Waals surface area contributed by atoms with Crippen LogP contribution in [0.5, 0.6) is 0 Å². The van der Waals surface area contributed by atoms with Gasteiger partial charge in [-0.15, -0.1) is 10.2 Å². The second-order valence-electron chi connectivity index (χ2n) is 13.8. The van der Waals surface area contributed by atoms with Gasteiger partial charge in [0.05, 0.1) is 35.3 Å². The minimum Gasteiger partial charge on any atom is -0.342 e. The Morgan fingerprint density at radius 3 is 2.34 bits per heavy atom. The topological polar surface area (TPSA) is 111 Å². The van der Waals surface area contributed by atoms with Gasteiger partial charge < -0.3 is 4.74 Å². The van der Waals surface area contributed by atoms with Crippen molar-refractivity contribution in [3.05, 3.63) is 160 Å². The van der Waals surface area contributed by atoms with Crippen LogP contribution in [0, 0.1) is 5.92 Å². The number of ether oxygens (including phenoxy) is 1. The zero-order valence-corrected chi connectivity index (χ0v) is 29.4. The molecular formula is C43H39N7O3. The fraction of sp³-hybridized carbons (Fsp3) is 0.233. The third-order valence-corrected chi connectivity index (χ3v) is 10.5. The van der Waals surface area contributed by atoms with E-state index >= 15 is 0 Å². The average molecular weight is 702 g/mol. The van der Waals surface area contributed by atoms with Crippen molar-refractivity contribution in [2.75, 3.05) is 5.06 Å². The number of nitrogens with one attached hydrogen (secondary N) is 1. The van der Waals surface area contributed by atoms with Gasteiger partial charge in [-0.1, -0.05) is 116 Å². The molecular weight excluding hydrogens is 663 g/mol. The minimum absolute atomic E-state index is 0.00655. The Balaban J connectivity index is 1.01. The SMILES string of the molecule is CCCCc1nc2ccc(C3CC4C(O3)ON(c3ccccc3)C4c3ccccc3)cc2c(=O)n1Cc1ccc(-c2ccccc2-c2nn[nH]n2)cc1. The van der Waals surface area contributed by atoms with Gasteiger partial charge in [0, 0.05) is 17.9 Å². The number of para-hydroxylation sites is 1. The summed E-state index contributed by atoms with van der Waals surface area (Å²) in [6.07, 6.45) is 2.82. The highest BCUT2D eigenvalue weighted by Crippen LogP contribution is 2.52. The summed E-state index contributed by atoms with van der Waals surface area (Å²) in [5.74, 6) is 1.45. The molecule has 10 heteroatoms. The van der Waals surface area contributed by atoms with Crippen molar-refractivity contribution < 1.29 is 9.57 Å². The average Bonchev–Trinajstić information content (AvgIpc) is 3.97. The highest BCUT2D eigenvalue weighted by molar-refractivity contribution is 5.80. The first-order chi connectivity index (χ1) is 26.1. The second kappa shape index (κ2) is 14.2.